The summed E-state index contributed by atoms with van der Waals surface area (Å²) < 4.78 is 24.3. The molecule has 0 unspecified atom stereocenters. The number of benzene rings is 3. The highest BCUT2D eigenvalue weighted by Crippen LogP contribution is 2.40. The van der Waals surface area contributed by atoms with Gasteiger partial charge in [0.1, 0.15) is 17.3 Å². The molecule has 3 aromatic carbocycles. The highest BCUT2D eigenvalue weighted by molar-refractivity contribution is 5.97. The van der Waals surface area contributed by atoms with Crippen LogP contribution in [0.4, 0.5) is 10.1 Å². The molecule has 1 N–H and O–H groups in total. The summed E-state index contributed by atoms with van der Waals surface area (Å²) in [5.41, 5.74) is 2.21. The van der Waals surface area contributed by atoms with Crippen LogP contribution in [-0.2, 0) is 16.1 Å². The van der Waals surface area contributed by atoms with Crippen LogP contribution < -0.4 is 19.7 Å². The summed E-state index contributed by atoms with van der Waals surface area (Å²) in [5.74, 6) is 0.202. The number of nitrogens with zero attached hydrogens (tertiary/aromatic N) is 1. The van der Waals surface area contributed by atoms with Gasteiger partial charge in [-0.2, -0.15) is 0 Å². The molecule has 0 aliphatic carbocycles. The lowest BCUT2D eigenvalue weighted by molar-refractivity contribution is -0.129. The standard InChI is InChI=1S/C27H27FN2O4/c1-33-22-13-11-21(12-14-22)30-25(31)16-15-23(26(30)18-7-9-20(28)10-8-18)27(32)29-17-19-5-3-4-6-24(19)34-2/h3-14,23,26H,15-17H2,1-2H3,(H,29,32)/t23-,26+/m0/s1. The number of piperidine rings is 1. The van der Waals surface area contributed by atoms with Gasteiger partial charge in [0, 0.05) is 24.2 Å². The number of carbonyl (C=O) groups is 2. The summed E-state index contributed by atoms with van der Waals surface area (Å²) in [5, 5.41) is 3.01. The third-order valence-corrected chi connectivity index (χ3v) is 6.14. The molecule has 0 bridgehead atoms. The van der Waals surface area contributed by atoms with Gasteiger partial charge in [-0.3, -0.25) is 9.59 Å². The summed E-state index contributed by atoms with van der Waals surface area (Å²) in [6, 6.07) is 20.0. The van der Waals surface area contributed by atoms with E-state index in [1.807, 2.05) is 24.3 Å². The smallest absolute Gasteiger partial charge is 0.227 e. The van der Waals surface area contributed by atoms with E-state index in [2.05, 4.69) is 5.32 Å². The average Bonchev–Trinajstić information content (AvgIpc) is 2.88. The molecular formula is C27H27FN2O4. The number of hydrogen-bond donors (Lipinski definition) is 1. The van der Waals surface area contributed by atoms with Crippen molar-refractivity contribution in [2.24, 2.45) is 5.92 Å². The van der Waals surface area contributed by atoms with Gasteiger partial charge < -0.3 is 19.7 Å². The number of ether oxygens (including phenoxy) is 2. The molecular weight excluding hydrogens is 435 g/mol. The minimum atomic E-state index is -0.576. The van der Waals surface area contributed by atoms with E-state index in [0.29, 0.717) is 35.7 Å². The zero-order valence-corrected chi connectivity index (χ0v) is 19.2. The van der Waals surface area contributed by atoms with E-state index in [9.17, 15) is 14.0 Å². The molecule has 4 rings (SSSR count). The Hall–Kier alpha value is -3.87. The van der Waals surface area contributed by atoms with Crippen molar-refractivity contribution in [3.8, 4) is 11.5 Å². The molecule has 0 spiro atoms. The zero-order valence-electron chi connectivity index (χ0n) is 19.2. The van der Waals surface area contributed by atoms with E-state index in [1.165, 1.54) is 12.1 Å². The van der Waals surface area contributed by atoms with Crippen LogP contribution in [-0.4, -0.2) is 26.0 Å². The van der Waals surface area contributed by atoms with Gasteiger partial charge in [0.15, 0.2) is 0 Å². The molecule has 0 saturated carbocycles. The summed E-state index contributed by atoms with van der Waals surface area (Å²) in [7, 11) is 3.16. The van der Waals surface area contributed by atoms with Crippen molar-refractivity contribution in [2.45, 2.75) is 25.4 Å². The third-order valence-electron chi connectivity index (χ3n) is 6.14. The minimum Gasteiger partial charge on any atom is -0.497 e. The van der Waals surface area contributed by atoms with Crippen molar-refractivity contribution in [1.82, 2.24) is 5.32 Å². The maximum atomic E-state index is 13.7. The number of halogens is 1. The molecule has 176 valence electrons. The van der Waals surface area contributed by atoms with Gasteiger partial charge >= 0.3 is 0 Å². The van der Waals surface area contributed by atoms with E-state index < -0.39 is 12.0 Å². The van der Waals surface area contributed by atoms with Crippen molar-refractivity contribution < 1.29 is 23.5 Å². The van der Waals surface area contributed by atoms with Gasteiger partial charge in [-0.1, -0.05) is 30.3 Å². The van der Waals surface area contributed by atoms with Crippen LogP contribution in [0.15, 0.2) is 72.8 Å². The number of para-hydroxylation sites is 1. The molecule has 1 aliphatic heterocycles. The fourth-order valence-corrected chi connectivity index (χ4v) is 4.42. The monoisotopic (exact) mass is 462 g/mol. The van der Waals surface area contributed by atoms with Crippen LogP contribution in [0.5, 0.6) is 11.5 Å². The van der Waals surface area contributed by atoms with Crippen molar-refractivity contribution >= 4 is 17.5 Å². The van der Waals surface area contributed by atoms with Crippen LogP contribution in [0.25, 0.3) is 0 Å². The fraction of sp³-hybridized carbons (Fsp3) is 0.259. The molecule has 0 aromatic heterocycles. The number of hydrogen-bond acceptors (Lipinski definition) is 4. The molecule has 2 amide bonds. The second-order valence-corrected chi connectivity index (χ2v) is 8.13. The van der Waals surface area contributed by atoms with Gasteiger partial charge in [0.25, 0.3) is 0 Å². The molecule has 6 nitrogen and oxygen atoms in total. The Morgan fingerprint density at radius 3 is 2.38 bits per heavy atom. The number of anilines is 1. The van der Waals surface area contributed by atoms with Crippen LogP contribution >= 0.6 is 0 Å². The Kier molecular flexibility index (Phi) is 7.11. The van der Waals surface area contributed by atoms with E-state index >= 15 is 0 Å². The number of carbonyl (C=O) groups excluding carboxylic acids is 2. The largest absolute Gasteiger partial charge is 0.497 e. The van der Waals surface area contributed by atoms with Crippen LogP contribution in [0.1, 0.15) is 30.0 Å². The lowest BCUT2D eigenvalue weighted by atomic mass is 9.83. The Morgan fingerprint density at radius 1 is 1.00 bits per heavy atom. The molecule has 34 heavy (non-hydrogen) atoms. The highest BCUT2D eigenvalue weighted by Gasteiger charge is 2.41. The van der Waals surface area contributed by atoms with Crippen LogP contribution in [0.2, 0.25) is 0 Å². The molecule has 1 aliphatic rings. The van der Waals surface area contributed by atoms with Gasteiger partial charge in [0.2, 0.25) is 11.8 Å². The normalized spacial score (nSPS) is 17.9. The molecule has 2 atom stereocenters. The Morgan fingerprint density at radius 2 is 1.71 bits per heavy atom. The first-order chi connectivity index (χ1) is 16.5. The van der Waals surface area contributed by atoms with E-state index in [-0.39, 0.29) is 24.1 Å². The second-order valence-electron chi connectivity index (χ2n) is 8.13. The van der Waals surface area contributed by atoms with Gasteiger partial charge in [-0.05, 0) is 54.4 Å². The van der Waals surface area contributed by atoms with Gasteiger partial charge in [-0.25, -0.2) is 4.39 Å². The van der Waals surface area contributed by atoms with Crippen LogP contribution in [0.3, 0.4) is 0 Å². The molecule has 7 heteroatoms. The van der Waals surface area contributed by atoms with Crippen molar-refractivity contribution in [2.75, 3.05) is 19.1 Å². The van der Waals surface area contributed by atoms with Crippen LogP contribution in [0, 0.1) is 11.7 Å². The maximum absolute atomic E-state index is 13.7. The van der Waals surface area contributed by atoms with Crippen molar-refractivity contribution in [1.29, 1.82) is 0 Å². The average molecular weight is 463 g/mol. The van der Waals surface area contributed by atoms with Gasteiger partial charge in [0.05, 0.1) is 26.2 Å². The molecule has 0 radical (unpaired) electrons. The first-order valence-electron chi connectivity index (χ1n) is 11.1. The predicted octanol–water partition coefficient (Wildman–Crippen LogP) is 4.64. The summed E-state index contributed by atoms with van der Waals surface area (Å²) in [6.07, 6.45) is 0.627. The summed E-state index contributed by atoms with van der Waals surface area (Å²) in [6.45, 7) is 0.298. The maximum Gasteiger partial charge on any atom is 0.227 e. The first-order valence-corrected chi connectivity index (χ1v) is 11.1. The predicted molar refractivity (Wildman–Crippen MR) is 127 cm³/mol. The fourth-order valence-electron chi connectivity index (χ4n) is 4.42. The Bertz CT molecular complexity index is 1150. The molecule has 3 aromatic rings. The first kappa shape index (κ1) is 23.3. The number of amides is 2. The van der Waals surface area contributed by atoms with E-state index in [0.717, 1.165) is 5.56 Å². The van der Waals surface area contributed by atoms with Gasteiger partial charge in [-0.15, -0.1) is 0 Å². The van der Waals surface area contributed by atoms with E-state index in [1.54, 1.807) is 55.5 Å². The molecule has 1 fully saturated rings. The number of nitrogens with one attached hydrogen (secondary N) is 1. The van der Waals surface area contributed by atoms with Crippen molar-refractivity contribution in [3.63, 3.8) is 0 Å². The summed E-state index contributed by atoms with van der Waals surface area (Å²) in [4.78, 5) is 28.2. The highest BCUT2D eigenvalue weighted by atomic mass is 19.1. The molecule has 1 heterocycles. The lowest BCUT2D eigenvalue weighted by Gasteiger charge is -2.41. The van der Waals surface area contributed by atoms with Crippen molar-refractivity contribution in [3.05, 3.63) is 89.7 Å². The van der Waals surface area contributed by atoms with E-state index in [4.69, 9.17) is 9.47 Å². The topological polar surface area (TPSA) is 67.9 Å². The Labute approximate surface area is 198 Å². The second kappa shape index (κ2) is 10.4. The molecule has 1 saturated heterocycles. The number of rotatable bonds is 7. The Balaban J connectivity index is 1.66. The quantitative estimate of drug-likeness (QED) is 0.555. The lowest BCUT2D eigenvalue weighted by Crippen LogP contribution is -2.48. The SMILES string of the molecule is COc1ccc(N2C(=O)CC[C@H](C(=O)NCc3ccccc3OC)[C@H]2c2ccc(F)cc2)cc1. The number of methoxy groups -OCH3 is 2. The zero-order chi connectivity index (χ0) is 24.1. The summed E-state index contributed by atoms with van der Waals surface area (Å²) >= 11 is 0. The third kappa shape index (κ3) is 4.88. The minimum absolute atomic E-state index is 0.0896.